The first kappa shape index (κ1) is 12.2. The lowest BCUT2D eigenvalue weighted by atomic mass is 10.1. The fourth-order valence-electron chi connectivity index (χ4n) is 2.29. The highest BCUT2D eigenvalue weighted by Crippen LogP contribution is 2.27. The molecule has 0 N–H and O–H groups in total. The minimum Gasteiger partial charge on any atom is -0.368 e. The molecular weight excluding hydrogens is 266 g/mol. The average Bonchev–Trinajstić information content (AvgIpc) is 3.00. The fourth-order valence-corrected chi connectivity index (χ4v) is 3.52. The third-order valence-corrected chi connectivity index (χ3v) is 4.38. The van der Waals surface area contributed by atoms with Crippen LogP contribution >= 0.6 is 22.9 Å². The van der Waals surface area contributed by atoms with Gasteiger partial charge in [-0.25, -0.2) is 0 Å². The number of hydrogen-bond donors (Lipinski definition) is 0. The summed E-state index contributed by atoms with van der Waals surface area (Å²) >= 11 is 3.20. The van der Waals surface area contributed by atoms with Gasteiger partial charge in [0.1, 0.15) is 0 Å². The van der Waals surface area contributed by atoms with Crippen molar-refractivity contribution in [3.63, 3.8) is 0 Å². The van der Waals surface area contributed by atoms with Gasteiger partial charge in [-0.2, -0.15) is 11.3 Å². The Balaban J connectivity index is 1.69. The van der Waals surface area contributed by atoms with Crippen molar-refractivity contribution in [2.45, 2.75) is 25.7 Å². The molecule has 0 radical (unpaired) electrons. The molecule has 3 rings (SSSR count). The molecule has 96 valence electrons. The SMILES string of the molecule is C[C@H]1CN(Cc2cnns2)C[C@@H](c2ccsc2)O1. The van der Waals surface area contributed by atoms with Crippen LogP contribution in [0.2, 0.25) is 0 Å². The predicted molar refractivity (Wildman–Crippen MR) is 72.8 cm³/mol. The number of aromatic nitrogens is 2. The van der Waals surface area contributed by atoms with Crippen LogP contribution in [0.4, 0.5) is 0 Å². The molecule has 0 saturated carbocycles. The molecular formula is C12H15N3OS2. The Morgan fingerprint density at radius 1 is 1.50 bits per heavy atom. The maximum absolute atomic E-state index is 6.02. The van der Waals surface area contributed by atoms with Gasteiger partial charge in [0.15, 0.2) is 0 Å². The second kappa shape index (κ2) is 5.44. The Kier molecular flexibility index (Phi) is 3.69. The van der Waals surface area contributed by atoms with Gasteiger partial charge in [-0.05, 0) is 40.8 Å². The largest absolute Gasteiger partial charge is 0.368 e. The number of thiophene rings is 1. The van der Waals surface area contributed by atoms with Crippen LogP contribution in [0.25, 0.3) is 0 Å². The number of morpholine rings is 1. The minimum absolute atomic E-state index is 0.195. The summed E-state index contributed by atoms with van der Waals surface area (Å²) < 4.78 is 9.93. The van der Waals surface area contributed by atoms with Crippen molar-refractivity contribution >= 4 is 22.9 Å². The van der Waals surface area contributed by atoms with Crippen molar-refractivity contribution in [1.82, 2.24) is 14.5 Å². The molecule has 1 aliphatic heterocycles. The Hall–Kier alpha value is -0.820. The first-order chi connectivity index (χ1) is 8.81. The Labute approximate surface area is 114 Å². The molecule has 18 heavy (non-hydrogen) atoms. The summed E-state index contributed by atoms with van der Waals surface area (Å²) in [5.41, 5.74) is 1.29. The van der Waals surface area contributed by atoms with E-state index in [9.17, 15) is 0 Å². The second-order valence-electron chi connectivity index (χ2n) is 4.57. The van der Waals surface area contributed by atoms with E-state index in [1.54, 1.807) is 11.3 Å². The van der Waals surface area contributed by atoms with Gasteiger partial charge in [-0.1, -0.05) is 4.49 Å². The average molecular weight is 281 g/mol. The smallest absolute Gasteiger partial charge is 0.0964 e. The number of hydrogen-bond acceptors (Lipinski definition) is 6. The molecule has 6 heteroatoms. The number of rotatable bonds is 3. The Morgan fingerprint density at radius 2 is 2.44 bits per heavy atom. The second-order valence-corrected chi connectivity index (χ2v) is 6.22. The maximum atomic E-state index is 6.02. The zero-order valence-electron chi connectivity index (χ0n) is 10.2. The molecule has 0 spiro atoms. The van der Waals surface area contributed by atoms with E-state index in [4.69, 9.17) is 4.74 Å². The van der Waals surface area contributed by atoms with Crippen LogP contribution < -0.4 is 0 Å². The van der Waals surface area contributed by atoms with Gasteiger partial charge in [0.25, 0.3) is 0 Å². The third kappa shape index (κ3) is 2.77. The van der Waals surface area contributed by atoms with Gasteiger partial charge >= 0.3 is 0 Å². The summed E-state index contributed by atoms with van der Waals surface area (Å²) in [5, 5.41) is 8.17. The quantitative estimate of drug-likeness (QED) is 0.866. The molecule has 1 fully saturated rings. The van der Waals surface area contributed by atoms with Gasteiger partial charge in [0.05, 0.1) is 23.3 Å². The molecule has 0 unspecified atom stereocenters. The van der Waals surface area contributed by atoms with E-state index in [2.05, 4.69) is 38.2 Å². The first-order valence-electron chi connectivity index (χ1n) is 5.97. The van der Waals surface area contributed by atoms with E-state index in [-0.39, 0.29) is 12.2 Å². The Bertz CT molecular complexity index is 471. The van der Waals surface area contributed by atoms with Crippen LogP contribution in [-0.4, -0.2) is 33.7 Å². The van der Waals surface area contributed by atoms with Gasteiger partial charge in [0, 0.05) is 19.6 Å². The van der Waals surface area contributed by atoms with Crippen LogP contribution in [0, 0.1) is 0 Å². The molecule has 3 heterocycles. The lowest BCUT2D eigenvalue weighted by Crippen LogP contribution is -2.42. The highest BCUT2D eigenvalue weighted by atomic mass is 32.1. The lowest BCUT2D eigenvalue weighted by Gasteiger charge is -2.36. The minimum atomic E-state index is 0.195. The predicted octanol–water partition coefficient (Wildman–Crippen LogP) is 2.56. The lowest BCUT2D eigenvalue weighted by molar-refractivity contribution is -0.0810. The monoisotopic (exact) mass is 281 g/mol. The summed E-state index contributed by atoms with van der Waals surface area (Å²) in [6, 6.07) is 2.15. The fraction of sp³-hybridized carbons (Fsp3) is 0.500. The van der Waals surface area contributed by atoms with Crippen molar-refractivity contribution in [1.29, 1.82) is 0 Å². The molecule has 1 aliphatic rings. The topological polar surface area (TPSA) is 38.2 Å². The number of ether oxygens (including phenoxy) is 1. The number of nitrogens with zero attached hydrogens (tertiary/aromatic N) is 3. The molecule has 4 nitrogen and oxygen atoms in total. The highest BCUT2D eigenvalue weighted by molar-refractivity contribution is 7.08. The molecule has 0 bridgehead atoms. The van der Waals surface area contributed by atoms with Crippen LogP contribution in [0.1, 0.15) is 23.5 Å². The van der Waals surface area contributed by atoms with Crippen molar-refractivity contribution in [3.8, 4) is 0 Å². The molecule has 2 aromatic rings. The molecule has 1 saturated heterocycles. The molecule has 0 aliphatic carbocycles. The summed E-state index contributed by atoms with van der Waals surface area (Å²) in [4.78, 5) is 3.64. The van der Waals surface area contributed by atoms with E-state index >= 15 is 0 Å². The van der Waals surface area contributed by atoms with Crippen LogP contribution in [0.5, 0.6) is 0 Å². The van der Waals surface area contributed by atoms with E-state index in [0.717, 1.165) is 19.6 Å². The summed E-state index contributed by atoms with van der Waals surface area (Å²) in [6.45, 7) is 4.97. The van der Waals surface area contributed by atoms with E-state index in [1.165, 1.54) is 22.0 Å². The standard InChI is InChI=1S/C12H15N3OS2/c1-9-5-15(6-11-4-13-14-18-11)7-12(16-9)10-2-3-17-8-10/h2-4,8-9,12H,5-7H2,1H3/t9-,12-/m0/s1. The zero-order valence-corrected chi connectivity index (χ0v) is 11.8. The van der Waals surface area contributed by atoms with Crippen molar-refractivity contribution in [2.75, 3.05) is 13.1 Å². The Morgan fingerprint density at radius 3 is 3.17 bits per heavy atom. The maximum Gasteiger partial charge on any atom is 0.0964 e. The first-order valence-corrected chi connectivity index (χ1v) is 7.69. The van der Waals surface area contributed by atoms with Crippen LogP contribution in [0.3, 0.4) is 0 Å². The van der Waals surface area contributed by atoms with Crippen LogP contribution in [-0.2, 0) is 11.3 Å². The van der Waals surface area contributed by atoms with Crippen molar-refractivity contribution in [2.24, 2.45) is 0 Å². The van der Waals surface area contributed by atoms with Crippen molar-refractivity contribution < 1.29 is 4.74 Å². The normalized spacial score (nSPS) is 25.4. The summed E-state index contributed by atoms with van der Waals surface area (Å²) in [6.07, 6.45) is 2.31. The highest BCUT2D eigenvalue weighted by Gasteiger charge is 2.26. The summed E-state index contributed by atoms with van der Waals surface area (Å²) in [7, 11) is 0. The molecule has 0 amide bonds. The van der Waals surface area contributed by atoms with Crippen LogP contribution in [0.15, 0.2) is 23.0 Å². The molecule has 2 atom stereocenters. The molecule has 2 aromatic heterocycles. The van der Waals surface area contributed by atoms with Crippen molar-refractivity contribution in [3.05, 3.63) is 33.5 Å². The van der Waals surface area contributed by atoms with Gasteiger partial charge < -0.3 is 4.74 Å². The van der Waals surface area contributed by atoms with Gasteiger partial charge in [0.2, 0.25) is 0 Å². The van der Waals surface area contributed by atoms with E-state index in [0.29, 0.717) is 0 Å². The molecule has 0 aromatic carbocycles. The van der Waals surface area contributed by atoms with Gasteiger partial charge in [-0.3, -0.25) is 4.90 Å². The zero-order chi connectivity index (χ0) is 12.4. The van der Waals surface area contributed by atoms with E-state index < -0.39 is 0 Å². The third-order valence-electron chi connectivity index (χ3n) is 3.04. The summed E-state index contributed by atoms with van der Waals surface area (Å²) in [5.74, 6) is 0. The van der Waals surface area contributed by atoms with E-state index in [1.807, 2.05) is 6.20 Å². The van der Waals surface area contributed by atoms with Gasteiger partial charge in [-0.15, -0.1) is 5.10 Å².